The standard InChI is InChI=1S/C14H14ClF3N4O/c1-8-6-9(2-3-10(8)15)20-12-7-11(14(16,17)18)21-13(22-12)19-4-5-23/h2-3,6-7,23H,4-5H2,1H3,(H2,19,20,21,22). The Bertz CT molecular complexity index is 694. The SMILES string of the molecule is Cc1cc(Nc2cc(C(F)(F)F)nc(NCCO)n2)ccc1Cl. The van der Waals surface area contributed by atoms with Crippen LogP contribution in [-0.2, 0) is 6.18 Å². The van der Waals surface area contributed by atoms with Gasteiger partial charge in [0.15, 0.2) is 5.69 Å². The first-order chi connectivity index (χ1) is 10.8. The molecule has 0 radical (unpaired) electrons. The highest BCUT2D eigenvalue weighted by atomic mass is 35.5. The Hall–Kier alpha value is -2.06. The lowest BCUT2D eigenvalue weighted by Crippen LogP contribution is -2.15. The highest BCUT2D eigenvalue weighted by Crippen LogP contribution is 2.30. The summed E-state index contributed by atoms with van der Waals surface area (Å²) in [5.41, 5.74) is 0.244. The first kappa shape index (κ1) is 17.3. The number of alkyl halides is 3. The van der Waals surface area contributed by atoms with Crippen LogP contribution in [0.15, 0.2) is 24.3 Å². The van der Waals surface area contributed by atoms with Crippen molar-refractivity contribution in [3.8, 4) is 0 Å². The fraction of sp³-hybridized carbons (Fsp3) is 0.286. The summed E-state index contributed by atoms with van der Waals surface area (Å²) in [7, 11) is 0. The Balaban J connectivity index is 2.33. The molecule has 0 saturated heterocycles. The number of aliphatic hydroxyl groups is 1. The van der Waals surface area contributed by atoms with Crippen LogP contribution in [0.1, 0.15) is 11.3 Å². The first-order valence-corrected chi connectivity index (χ1v) is 7.01. The molecule has 3 N–H and O–H groups in total. The molecule has 0 fully saturated rings. The molecule has 1 aromatic heterocycles. The van der Waals surface area contributed by atoms with E-state index in [1.807, 2.05) is 0 Å². The van der Waals surface area contributed by atoms with Crippen molar-refractivity contribution in [1.29, 1.82) is 0 Å². The number of nitrogens with one attached hydrogen (secondary N) is 2. The second-order valence-corrected chi connectivity index (χ2v) is 5.11. The van der Waals surface area contributed by atoms with Crippen LogP contribution in [0.25, 0.3) is 0 Å². The van der Waals surface area contributed by atoms with E-state index in [1.165, 1.54) is 0 Å². The number of anilines is 3. The molecule has 0 bridgehead atoms. The van der Waals surface area contributed by atoms with Gasteiger partial charge in [-0.3, -0.25) is 0 Å². The molecule has 0 unspecified atom stereocenters. The zero-order valence-electron chi connectivity index (χ0n) is 12.1. The third-order valence-electron chi connectivity index (χ3n) is 2.84. The minimum absolute atomic E-state index is 0.0190. The van der Waals surface area contributed by atoms with Gasteiger partial charge in [-0.1, -0.05) is 11.6 Å². The smallest absolute Gasteiger partial charge is 0.395 e. The number of rotatable bonds is 5. The lowest BCUT2D eigenvalue weighted by molar-refractivity contribution is -0.141. The van der Waals surface area contributed by atoms with Gasteiger partial charge in [0, 0.05) is 23.3 Å². The van der Waals surface area contributed by atoms with E-state index in [1.54, 1.807) is 25.1 Å². The normalized spacial score (nSPS) is 11.4. The largest absolute Gasteiger partial charge is 0.433 e. The molecule has 0 aliphatic heterocycles. The number of halogens is 4. The van der Waals surface area contributed by atoms with Crippen molar-refractivity contribution >= 4 is 29.1 Å². The van der Waals surface area contributed by atoms with Gasteiger partial charge in [-0.15, -0.1) is 0 Å². The zero-order valence-corrected chi connectivity index (χ0v) is 12.8. The summed E-state index contributed by atoms with van der Waals surface area (Å²) in [5, 5.41) is 14.6. The molecule has 0 aliphatic carbocycles. The Morgan fingerprint density at radius 2 is 1.96 bits per heavy atom. The van der Waals surface area contributed by atoms with Crippen molar-refractivity contribution < 1.29 is 18.3 Å². The van der Waals surface area contributed by atoms with Gasteiger partial charge in [0.05, 0.1) is 6.61 Å². The van der Waals surface area contributed by atoms with Crippen molar-refractivity contribution in [2.24, 2.45) is 0 Å². The zero-order chi connectivity index (χ0) is 17.0. The van der Waals surface area contributed by atoms with Crippen LogP contribution in [0.5, 0.6) is 0 Å². The van der Waals surface area contributed by atoms with E-state index in [0.29, 0.717) is 10.7 Å². The van der Waals surface area contributed by atoms with Crippen LogP contribution in [-0.4, -0.2) is 28.2 Å². The molecule has 1 aromatic carbocycles. The summed E-state index contributed by atoms with van der Waals surface area (Å²) in [6.07, 6.45) is -4.61. The third kappa shape index (κ3) is 4.70. The molecule has 0 amide bonds. The number of hydrogen-bond donors (Lipinski definition) is 3. The predicted octanol–water partition coefficient (Wildman–Crippen LogP) is 3.61. The van der Waals surface area contributed by atoms with Crippen LogP contribution < -0.4 is 10.6 Å². The minimum atomic E-state index is -4.61. The highest BCUT2D eigenvalue weighted by Gasteiger charge is 2.33. The molecule has 2 aromatic rings. The topological polar surface area (TPSA) is 70.1 Å². The monoisotopic (exact) mass is 346 g/mol. The molecular formula is C14H14ClF3N4O. The summed E-state index contributed by atoms with van der Waals surface area (Å²) in [5.74, 6) is -0.239. The lowest BCUT2D eigenvalue weighted by atomic mass is 10.2. The van der Waals surface area contributed by atoms with E-state index in [-0.39, 0.29) is 24.9 Å². The molecule has 0 saturated carbocycles. The predicted molar refractivity (Wildman–Crippen MR) is 82.1 cm³/mol. The summed E-state index contributed by atoms with van der Waals surface area (Å²) >= 11 is 5.92. The molecule has 2 rings (SSSR count). The van der Waals surface area contributed by atoms with E-state index in [0.717, 1.165) is 11.6 Å². The van der Waals surface area contributed by atoms with Gasteiger partial charge in [-0.2, -0.15) is 18.2 Å². The van der Waals surface area contributed by atoms with Gasteiger partial charge in [-0.25, -0.2) is 4.98 Å². The van der Waals surface area contributed by atoms with Gasteiger partial charge in [0.2, 0.25) is 5.95 Å². The minimum Gasteiger partial charge on any atom is -0.395 e. The second-order valence-electron chi connectivity index (χ2n) is 4.70. The fourth-order valence-electron chi connectivity index (χ4n) is 1.77. The van der Waals surface area contributed by atoms with E-state index in [2.05, 4.69) is 20.6 Å². The van der Waals surface area contributed by atoms with E-state index in [4.69, 9.17) is 16.7 Å². The molecule has 5 nitrogen and oxygen atoms in total. The number of nitrogens with zero attached hydrogens (tertiary/aromatic N) is 2. The molecule has 9 heteroatoms. The Kier molecular flexibility index (Phi) is 5.27. The number of aromatic nitrogens is 2. The van der Waals surface area contributed by atoms with E-state index >= 15 is 0 Å². The third-order valence-corrected chi connectivity index (χ3v) is 3.27. The van der Waals surface area contributed by atoms with E-state index in [9.17, 15) is 13.2 Å². The van der Waals surface area contributed by atoms with Gasteiger partial charge >= 0.3 is 6.18 Å². The van der Waals surface area contributed by atoms with Crippen molar-refractivity contribution in [3.05, 3.63) is 40.5 Å². The fourth-order valence-corrected chi connectivity index (χ4v) is 1.89. The van der Waals surface area contributed by atoms with Gasteiger partial charge < -0.3 is 15.7 Å². The number of aryl methyl sites for hydroxylation is 1. The summed E-state index contributed by atoms with van der Waals surface area (Å²) < 4.78 is 38.7. The molecule has 0 atom stereocenters. The quantitative estimate of drug-likeness (QED) is 0.771. The average Bonchev–Trinajstić information content (AvgIpc) is 2.48. The van der Waals surface area contributed by atoms with Crippen molar-refractivity contribution in [3.63, 3.8) is 0 Å². The lowest BCUT2D eigenvalue weighted by Gasteiger charge is -2.13. The molecule has 1 heterocycles. The van der Waals surface area contributed by atoms with Crippen molar-refractivity contribution in [2.45, 2.75) is 13.1 Å². The van der Waals surface area contributed by atoms with Crippen molar-refractivity contribution in [2.75, 3.05) is 23.8 Å². The number of benzene rings is 1. The van der Waals surface area contributed by atoms with Crippen LogP contribution in [0.4, 0.5) is 30.6 Å². The van der Waals surface area contributed by atoms with Crippen molar-refractivity contribution in [1.82, 2.24) is 9.97 Å². The summed E-state index contributed by atoms with van der Waals surface area (Å²) in [6, 6.07) is 5.77. The van der Waals surface area contributed by atoms with Gasteiger partial charge in [0.1, 0.15) is 5.82 Å². The molecule has 124 valence electrons. The number of aliphatic hydroxyl groups excluding tert-OH is 1. The summed E-state index contributed by atoms with van der Waals surface area (Å²) in [4.78, 5) is 7.35. The van der Waals surface area contributed by atoms with Crippen LogP contribution in [0, 0.1) is 6.92 Å². The average molecular weight is 347 g/mol. The number of hydrogen-bond acceptors (Lipinski definition) is 5. The van der Waals surface area contributed by atoms with Crippen LogP contribution in [0.3, 0.4) is 0 Å². The maximum absolute atomic E-state index is 12.9. The van der Waals surface area contributed by atoms with Crippen LogP contribution >= 0.6 is 11.6 Å². The molecule has 0 spiro atoms. The maximum atomic E-state index is 12.9. The molecule has 0 aliphatic rings. The Morgan fingerprint density at radius 3 is 2.57 bits per heavy atom. The summed E-state index contributed by atoms with van der Waals surface area (Å²) in [6.45, 7) is 1.57. The van der Waals surface area contributed by atoms with E-state index < -0.39 is 11.9 Å². The highest BCUT2D eigenvalue weighted by molar-refractivity contribution is 6.31. The Labute approximate surface area is 135 Å². The Morgan fingerprint density at radius 1 is 1.22 bits per heavy atom. The molecule has 23 heavy (non-hydrogen) atoms. The first-order valence-electron chi connectivity index (χ1n) is 6.64. The van der Waals surface area contributed by atoms with Crippen LogP contribution in [0.2, 0.25) is 5.02 Å². The second kappa shape index (κ2) is 7.01. The molecular weight excluding hydrogens is 333 g/mol. The van der Waals surface area contributed by atoms with Gasteiger partial charge in [0.25, 0.3) is 0 Å². The van der Waals surface area contributed by atoms with Gasteiger partial charge in [-0.05, 0) is 30.7 Å². The maximum Gasteiger partial charge on any atom is 0.433 e.